The fraction of sp³-hybridized carbons (Fsp3) is 0.250. The molecule has 7 nitrogen and oxygen atoms in total. The number of aromatic nitrogens is 2. The van der Waals surface area contributed by atoms with Crippen LogP contribution in [0.3, 0.4) is 0 Å². The standard InChI is InChI=1S/C12H13N3O4S/c1-12(2)18-9-4-3-8(5-10(9)19-12)15-20(16,17)11-6-13-7-14-11/h3-7,15H,1-2H3,(H,13,14). The number of hydrogen-bond acceptors (Lipinski definition) is 5. The van der Waals surface area contributed by atoms with Gasteiger partial charge in [-0.05, 0) is 12.1 Å². The van der Waals surface area contributed by atoms with Crippen molar-refractivity contribution in [3.63, 3.8) is 0 Å². The van der Waals surface area contributed by atoms with Gasteiger partial charge < -0.3 is 14.5 Å². The second kappa shape index (κ2) is 4.14. The number of imidazole rings is 1. The predicted molar refractivity (Wildman–Crippen MR) is 71.2 cm³/mol. The number of nitrogens with one attached hydrogen (secondary N) is 2. The molecule has 1 aliphatic rings. The molecule has 0 atom stereocenters. The number of fused-ring (bicyclic) bond motifs is 1. The van der Waals surface area contributed by atoms with Gasteiger partial charge in [-0.15, -0.1) is 0 Å². The van der Waals surface area contributed by atoms with Crippen LogP contribution in [0.4, 0.5) is 5.69 Å². The molecule has 20 heavy (non-hydrogen) atoms. The van der Waals surface area contributed by atoms with Gasteiger partial charge in [0, 0.05) is 19.9 Å². The van der Waals surface area contributed by atoms with Gasteiger partial charge in [-0.25, -0.2) is 4.98 Å². The molecule has 0 bridgehead atoms. The Labute approximate surface area is 116 Å². The van der Waals surface area contributed by atoms with E-state index in [1.165, 1.54) is 12.5 Å². The van der Waals surface area contributed by atoms with Crippen molar-refractivity contribution in [3.05, 3.63) is 30.7 Å². The van der Waals surface area contributed by atoms with Crippen LogP contribution in [-0.4, -0.2) is 24.2 Å². The Hall–Kier alpha value is -2.22. The summed E-state index contributed by atoms with van der Waals surface area (Å²) in [6.07, 6.45) is 2.54. The van der Waals surface area contributed by atoms with Gasteiger partial charge in [0.1, 0.15) is 0 Å². The van der Waals surface area contributed by atoms with Gasteiger partial charge in [-0.3, -0.25) is 4.72 Å². The summed E-state index contributed by atoms with van der Waals surface area (Å²) in [5.74, 6) is 0.336. The van der Waals surface area contributed by atoms with Gasteiger partial charge in [-0.2, -0.15) is 8.42 Å². The summed E-state index contributed by atoms with van der Waals surface area (Å²) in [6, 6.07) is 4.85. The van der Waals surface area contributed by atoms with E-state index in [2.05, 4.69) is 14.7 Å². The zero-order valence-electron chi connectivity index (χ0n) is 10.9. The minimum Gasteiger partial charge on any atom is -0.449 e. The Bertz CT molecular complexity index is 738. The predicted octanol–water partition coefficient (Wildman–Crippen LogP) is 1.72. The van der Waals surface area contributed by atoms with Crippen LogP contribution in [0, 0.1) is 0 Å². The Balaban J connectivity index is 1.88. The van der Waals surface area contributed by atoms with Crippen LogP contribution in [0.25, 0.3) is 0 Å². The van der Waals surface area contributed by atoms with E-state index < -0.39 is 15.8 Å². The maximum absolute atomic E-state index is 12.0. The average Bonchev–Trinajstić information content (AvgIpc) is 2.93. The van der Waals surface area contributed by atoms with E-state index in [4.69, 9.17) is 9.47 Å². The van der Waals surface area contributed by atoms with E-state index in [1.807, 2.05) is 0 Å². The van der Waals surface area contributed by atoms with Crippen LogP contribution < -0.4 is 14.2 Å². The number of benzene rings is 1. The van der Waals surface area contributed by atoms with Crippen molar-refractivity contribution in [2.24, 2.45) is 0 Å². The molecule has 1 aliphatic heterocycles. The molecule has 106 valence electrons. The van der Waals surface area contributed by atoms with Gasteiger partial charge in [0.25, 0.3) is 10.0 Å². The van der Waals surface area contributed by atoms with Crippen LogP contribution >= 0.6 is 0 Å². The van der Waals surface area contributed by atoms with Crippen molar-refractivity contribution in [2.75, 3.05) is 4.72 Å². The third kappa shape index (κ3) is 2.29. The van der Waals surface area contributed by atoms with Crippen molar-refractivity contribution in [1.82, 2.24) is 9.97 Å². The molecule has 0 saturated carbocycles. The quantitative estimate of drug-likeness (QED) is 0.899. The Morgan fingerprint density at radius 1 is 1.25 bits per heavy atom. The first-order valence-electron chi connectivity index (χ1n) is 5.89. The highest BCUT2D eigenvalue weighted by Gasteiger charge is 2.32. The van der Waals surface area contributed by atoms with Gasteiger partial charge in [-0.1, -0.05) is 0 Å². The zero-order chi connectivity index (χ0) is 14.4. The molecule has 0 unspecified atom stereocenters. The maximum atomic E-state index is 12.0. The summed E-state index contributed by atoms with van der Waals surface area (Å²) in [6.45, 7) is 3.56. The molecular formula is C12H13N3O4S. The topological polar surface area (TPSA) is 93.3 Å². The third-order valence-corrected chi connectivity index (χ3v) is 3.98. The van der Waals surface area contributed by atoms with Crippen molar-refractivity contribution >= 4 is 15.7 Å². The van der Waals surface area contributed by atoms with Gasteiger partial charge >= 0.3 is 0 Å². The van der Waals surface area contributed by atoms with Crippen LogP contribution in [-0.2, 0) is 10.0 Å². The number of anilines is 1. The molecule has 1 aromatic carbocycles. The first kappa shape index (κ1) is 12.8. The number of rotatable bonds is 3. The highest BCUT2D eigenvalue weighted by Crippen LogP contribution is 2.40. The number of aromatic amines is 1. The number of sulfonamides is 1. The Morgan fingerprint density at radius 3 is 2.70 bits per heavy atom. The van der Waals surface area contributed by atoms with E-state index >= 15 is 0 Å². The second-order valence-corrected chi connectivity index (χ2v) is 6.44. The van der Waals surface area contributed by atoms with E-state index in [1.54, 1.807) is 32.0 Å². The third-order valence-electron chi connectivity index (χ3n) is 2.67. The molecule has 8 heteroatoms. The lowest BCUT2D eigenvalue weighted by Gasteiger charge is -2.16. The number of H-pyrrole nitrogens is 1. The summed E-state index contributed by atoms with van der Waals surface area (Å²) in [5, 5.41) is -0.00417. The summed E-state index contributed by atoms with van der Waals surface area (Å²) in [5.41, 5.74) is 0.389. The number of hydrogen-bond donors (Lipinski definition) is 2. The van der Waals surface area contributed by atoms with Crippen LogP contribution in [0.2, 0.25) is 0 Å². The van der Waals surface area contributed by atoms with Crippen LogP contribution in [0.1, 0.15) is 13.8 Å². The Kier molecular flexibility index (Phi) is 2.65. The molecule has 2 N–H and O–H groups in total. The molecule has 2 aromatic rings. The van der Waals surface area contributed by atoms with E-state index in [9.17, 15) is 8.42 Å². The molecule has 0 saturated heterocycles. The summed E-state index contributed by atoms with van der Waals surface area (Å²) >= 11 is 0. The number of nitrogens with zero attached hydrogens (tertiary/aromatic N) is 1. The average molecular weight is 295 g/mol. The molecule has 0 amide bonds. The molecule has 3 rings (SSSR count). The highest BCUT2D eigenvalue weighted by atomic mass is 32.2. The first-order valence-corrected chi connectivity index (χ1v) is 7.37. The lowest BCUT2D eigenvalue weighted by atomic mass is 10.3. The minimum atomic E-state index is -3.68. The molecule has 0 radical (unpaired) electrons. The van der Waals surface area contributed by atoms with E-state index in [0.29, 0.717) is 17.2 Å². The lowest BCUT2D eigenvalue weighted by molar-refractivity contribution is -0.0431. The van der Waals surface area contributed by atoms with E-state index in [-0.39, 0.29) is 5.03 Å². The SMILES string of the molecule is CC1(C)Oc2ccc(NS(=O)(=O)c3cnc[nH]3)cc2O1. The monoisotopic (exact) mass is 295 g/mol. The van der Waals surface area contributed by atoms with Crippen LogP contribution in [0.5, 0.6) is 11.5 Å². The van der Waals surface area contributed by atoms with Gasteiger partial charge in [0.05, 0.1) is 18.2 Å². The van der Waals surface area contributed by atoms with Crippen molar-refractivity contribution in [2.45, 2.75) is 24.7 Å². The first-order chi connectivity index (χ1) is 9.36. The summed E-state index contributed by atoms with van der Waals surface area (Å²) in [7, 11) is -3.68. The fourth-order valence-electron chi connectivity index (χ4n) is 1.89. The van der Waals surface area contributed by atoms with Gasteiger partial charge in [0.15, 0.2) is 16.5 Å². The molecule has 0 spiro atoms. The largest absolute Gasteiger partial charge is 0.449 e. The van der Waals surface area contributed by atoms with Crippen molar-refractivity contribution < 1.29 is 17.9 Å². The normalized spacial score (nSPS) is 16.1. The zero-order valence-corrected chi connectivity index (χ0v) is 11.7. The molecule has 2 heterocycles. The second-order valence-electron chi connectivity index (χ2n) is 4.79. The summed E-state index contributed by atoms with van der Waals surface area (Å²) in [4.78, 5) is 6.23. The van der Waals surface area contributed by atoms with E-state index in [0.717, 1.165) is 0 Å². The minimum absolute atomic E-state index is 0.00417. The molecule has 0 fully saturated rings. The van der Waals surface area contributed by atoms with Crippen molar-refractivity contribution in [1.29, 1.82) is 0 Å². The smallest absolute Gasteiger partial charge is 0.278 e. The Morgan fingerprint density at radius 2 is 2.00 bits per heavy atom. The highest BCUT2D eigenvalue weighted by molar-refractivity contribution is 7.92. The fourth-order valence-corrected chi connectivity index (χ4v) is 2.84. The van der Waals surface area contributed by atoms with Crippen LogP contribution in [0.15, 0.2) is 35.7 Å². The van der Waals surface area contributed by atoms with Gasteiger partial charge in [0.2, 0.25) is 5.79 Å². The molecule has 1 aromatic heterocycles. The maximum Gasteiger partial charge on any atom is 0.278 e. The molecular weight excluding hydrogens is 282 g/mol. The number of ether oxygens (including phenoxy) is 2. The summed E-state index contributed by atoms with van der Waals surface area (Å²) < 4.78 is 37.6. The lowest BCUT2D eigenvalue weighted by Crippen LogP contribution is -2.29. The van der Waals surface area contributed by atoms with Crippen molar-refractivity contribution in [3.8, 4) is 11.5 Å². The molecule has 0 aliphatic carbocycles.